The third-order valence-corrected chi connectivity index (χ3v) is 5.79. The van der Waals surface area contributed by atoms with Crippen molar-refractivity contribution < 1.29 is 13.6 Å². The van der Waals surface area contributed by atoms with Crippen molar-refractivity contribution in [1.29, 1.82) is 0 Å². The maximum Gasteiger partial charge on any atom is 0.303 e. The van der Waals surface area contributed by atoms with Gasteiger partial charge in [-0.05, 0) is 26.7 Å². The molecule has 0 saturated carbocycles. The first-order valence-corrected chi connectivity index (χ1v) is 8.70. The number of anilines is 1. The lowest BCUT2D eigenvalue weighted by molar-refractivity contribution is 0.270. The molecule has 1 fully saturated rings. The van der Waals surface area contributed by atoms with Gasteiger partial charge in [0.1, 0.15) is 11.4 Å². The summed E-state index contributed by atoms with van der Waals surface area (Å²) >= 11 is 1.17. The third-order valence-electron chi connectivity index (χ3n) is 3.29. The molecule has 1 atom stereocenters. The molecule has 1 aliphatic rings. The minimum Gasteiger partial charge on any atom is -0.411 e. The van der Waals surface area contributed by atoms with Crippen molar-refractivity contribution in [2.24, 2.45) is 5.16 Å². The van der Waals surface area contributed by atoms with Gasteiger partial charge in [-0.25, -0.2) is 9.71 Å². The highest BCUT2D eigenvalue weighted by atomic mass is 32.2. The molecule has 0 aliphatic carbocycles. The molecular formula is C11H18N4O3S2. The van der Waals surface area contributed by atoms with E-state index in [4.69, 9.17) is 5.21 Å². The van der Waals surface area contributed by atoms with Gasteiger partial charge in [-0.3, -0.25) is 0 Å². The summed E-state index contributed by atoms with van der Waals surface area (Å²) in [7, 11) is -3.58. The van der Waals surface area contributed by atoms with Crippen molar-refractivity contribution in [3.05, 3.63) is 11.1 Å². The molecule has 1 aromatic heterocycles. The summed E-state index contributed by atoms with van der Waals surface area (Å²) in [5.74, 6) is 0. The SMILES string of the molecule is CC(=NO)c1csc(NS(=O)(=O)N2CCCCC2C)n1. The minimum absolute atomic E-state index is 0.00132. The van der Waals surface area contributed by atoms with Crippen LogP contribution in [0.3, 0.4) is 0 Å². The van der Waals surface area contributed by atoms with Gasteiger partial charge in [-0.2, -0.15) is 12.7 Å². The van der Waals surface area contributed by atoms with E-state index in [2.05, 4.69) is 14.9 Å². The van der Waals surface area contributed by atoms with Crippen LogP contribution in [0.15, 0.2) is 10.5 Å². The second kappa shape index (κ2) is 6.06. The zero-order valence-corrected chi connectivity index (χ0v) is 13.0. The topological polar surface area (TPSA) is 94.9 Å². The van der Waals surface area contributed by atoms with Gasteiger partial charge in [0.05, 0.1) is 0 Å². The molecule has 0 spiro atoms. The minimum atomic E-state index is -3.58. The Kier molecular flexibility index (Phi) is 4.61. The molecule has 0 aromatic carbocycles. The Hall–Kier alpha value is -1.19. The number of hydrogen-bond donors (Lipinski definition) is 2. The second-order valence-electron chi connectivity index (χ2n) is 4.79. The van der Waals surface area contributed by atoms with Crippen LogP contribution in [0.2, 0.25) is 0 Å². The van der Waals surface area contributed by atoms with Crippen LogP contribution < -0.4 is 4.72 Å². The summed E-state index contributed by atoms with van der Waals surface area (Å²) < 4.78 is 28.6. The van der Waals surface area contributed by atoms with E-state index in [1.807, 2.05) is 6.92 Å². The Labute approximate surface area is 122 Å². The Morgan fingerprint density at radius 1 is 1.60 bits per heavy atom. The zero-order valence-electron chi connectivity index (χ0n) is 11.4. The summed E-state index contributed by atoms with van der Waals surface area (Å²) in [5, 5.41) is 13.6. The van der Waals surface area contributed by atoms with E-state index < -0.39 is 10.2 Å². The van der Waals surface area contributed by atoms with Crippen LogP contribution in [-0.4, -0.2) is 41.2 Å². The third kappa shape index (κ3) is 3.28. The molecule has 2 rings (SSSR count). The van der Waals surface area contributed by atoms with Gasteiger partial charge >= 0.3 is 10.2 Å². The van der Waals surface area contributed by atoms with E-state index >= 15 is 0 Å². The van der Waals surface area contributed by atoms with Crippen LogP contribution in [0.5, 0.6) is 0 Å². The molecule has 9 heteroatoms. The first-order chi connectivity index (χ1) is 9.44. The molecule has 112 valence electrons. The Bertz CT molecular complexity index is 597. The molecule has 2 heterocycles. The normalized spacial score (nSPS) is 21.9. The number of aromatic nitrogens is 1. The van der Waals surface area contributed by atoms with E-state index in [0.29, 0.717) is 18.0 Å². The first-order valence-electron chi connectivity index (χ1n) is 6.38. The fourth-order valence-corrected chi connectivity index (χ4v) is 4.57. The Balaban J connectivity index is 2.13. The predicted octanol–water partition coefficient (Wildman–Crippen LogP) is 1.87. The monoisotopic (exact) mass is 318 g/mol. The van der Waals surface area contributed by atoms with Crippen molar-refractivity contribution in [3.8, 4) is 0 Å². The molecule has 7 nitrogen and oxygen atoms in total. The number of nitrogens with zero attached hydrogens (tertiary/aromatic N) is 3. The van der Waals surface area contributed by atoms with Crippen LogP contribution in [0.4, 0.5) is 5.13 Å². The Morgan fingerprint density at radius 3 is 3.00 bits per heavy atom. The molecule has 1 saturated heterocycles. The highest BCUT2D eigenvalue weighted by molar-refractivity contribution is 7.90. The van der Waals surface area contributed by atoms with Crippen LogP contribution in [-0.2, 0) is 10.2 Å². The highest BCUT2D eigenvalue weighted by Crippen LogP contribution is 2.23. The number of oxime groups is 1. The van der Waals surface area contributed by atoms with Gasteiger partial charge in [0, 0.05) is 18.0 Å². The van der Waals surface area contributed by atoms with Crippen molar-refractivity contribution in [2.75, 3.05) is 11.3 Å². The van der Waals surface area contributed by atoms with Gasteiger partial charge in [0.2, 0.25) is 0 Å². The number of nitrogens with one attached hydrogen (secondary N) is 1. The molecule has 0 bridgehead atoms. The average molecular weight is 318 g/mol. The number of hydrogen-bond acceptors (Lipinski definition) is 6. The lowest BCUT2D eigenvalue weighted by atomic mass is 10.1. The largest absolute Gasteiger partial charge is 0.411 e. The summed E-state index contributed by atoms with van der Waals surface area (Å²) in [6, 6.07) is 0.00132. The maximum atomic E-state index is 12.3. The quantitative estimate of drug-likeness (QED) is 0.503. The van der Waals surface area contributed by atoms with Crippen LogP contribution in [0.25, 0.3) is 0 Å². The van der Waals surface area contributed by atoms with E-state index in [1.54, 1.807) is 12.3 Å². The maximum absolute atomic E-state index is 12.3. The number of rotatable bonds is 4. The molecule has 1 aromatic rings. The molecule has 0 amide bonds. The fourth-order valence-electron chi connectivity index (χ4n) is 2.14. The smallest absolute Gasteiger partial charge is 0.303 e. The summed E-state index contributed by atoms with van der Waals surface area (Å²) in [6.45, 7) is 4.04. The summed E-state index contributed by atoms with van der Waals surface area (Å²) in [4.78, 5) is 4.10. The van der Waals surface area contributed by atoms with Gasteiger partial charge in [0.25, 0.3) is 0 Å². The summed E-state index contributed by atoms with van der Waals surface area (Å²) in [6.07, 6.45) is 2.81. The van der Waals surface area contributed by atoms with Crippen molar-refractivity contribution >= 4 is 32.4 Å². The number of thiazole rings is 1. The van der Waals surface area contributed by atoms with E-state index in [-0.39, 0.29) is 11.2 Å². The van der Waals surface area contributed by atoms with E-state index in [0.717, 1.165) is 19.3 Å². The second-order valence-corrected chi connectivity index (χ2v) is 7.27. The fraction of sp³-hybridized carbons (Fsp3) is 0.636. The van der Waals surface area contributed by atoms with Crippen molar-refractivity contribution in [3.63, 3.8) is 0 Å². The average Bonchev–Trinajstić information content (AvgIpc) is 2.85. The van der Waals surface area contributed by atoms with Crippen LogP contribution >= 0.6 is 11.3 Å². The van der Waals surface area contributed by atoms with Gasteiger partial charge in [-0.15, -0.1) is 11.3 Å². The molecule has 0 radical (unpaired) electrons. The molecule has 2 N–H and O–H groups in total. The van der Waals surface area contributed by atoms with Crippen LogP contribution in [0.1, 0.15) is 38.8 Å². The molecule has 20 heavy (non-hydrogen) atoms. The summed E-state index contributed by atoms with van der Waals surface area (Å²) in [5.41, 5.74) is 0.805. The zero-order chi connectivity index (χ0) is 14.8. The number of piperidine rings is 1. The van der Waals surface area contributed by atoms with Gasteiger partial charge < -0.3 is 5.21 Å². The standard InChI is InChI=1S/C11H18N4O3S2/c1-8-5-3-4-6-15(8)20(17,18)14-11-12-10(7-19-11)9(2)13-16/h7-8,16H,3-6H2,1-2H3,(H,12,14). The van der Waals surface area contributed by atoms with Crippen molar-refractivity contribution in [1.82, 2.24) is 9.29 Å². The Morgan fingerprint density at radius 2 is 2.35 bits per heavy atom. The molecular weight excluding hydrogens is 300 g/mol. The highest BCUT2D eigenvalue weighted by Gasteiger charge is 2.30. The lowest BCUT2D eigenvalue weighted by Crippen LogP contribution is -2.44. The molecule has 1 aliphatic heterocycles. The van der Waals surface area contributed by atoms with E-state index in [1.165, 1.54) is 15.6 Å². The lowest BCUT2D eigenvalue weighted by Gasteiger charge is -2.31. The first kappa shape index (κ1) is 15.2. The van der Waals surface area contributed by atoms with E-state index in [9.17, 15) is 8.42 Å². The predicted molar refractivity (Wildman–Crippen MR) is 78.7 cm³/mol. The van der Waals surface area contributed by atoms with Gasteiger partial charge in [0.15, 0.2) is 5.13 Å². The molecule has 1 unspecified atom stereocenters. The van der Waals surface area contributed by atoms with Crippen LogP contribution in [0, 0.1) is 0 Å². The van der Waals surface area contributed by atoms with Crippen molar-refractivity contribution in [2.45, 2.75) is 39.2 Å². The van der Waals surface area contributed by atoms with Gasteiger partial charge in [-0.1, -0.05) is 11.6 Å².